The minimum atomic E-state index is -3.86. The molecule has 0 saturated carbocycles. The van der Waals surface area contributed by atoms with Gasteiger partial charge in [-0.1, -0.05) is 41.4 Å². The molecule has 2 saturated heterocycles. The van der Waals surface area contributed by atoms with E-state index in [0.717, 1.165) is 38.8 Å². The lowest BCUT2D eigenvalue weighted by molar-refractivity contribution is 0.0584. The van der Waals surface area contributed by atoms with Gasteiger partial charge in [-0.15, -0.1) is 0 Å². The maximum absolute atomic E-state index is 12.7. The summed E-state index contributed by atoms with van der Waals surface area (Å²) in [5.74, 6) is 0.0381. The Bertz CT molecular complexity index is 1070. The van der Waals surface area contributed by atoms with Gasteiger partial charge in [-0.25, -0.2) is 4.72 Å². The maximum Gasteiger partial charge on any atom is 0.304 e. The summed E-state index contributed by atoms with van der Waals surface area (Å²) in [5, 5.41) is 1.09. The van der Waals surface area contributed by atoms with Crippen LogP contribution in [0.4, 0.5) is 0 Å². The van der Waals surface area contributed by atoms with Gasteiger partial charge in [-0.2, -0.15) is 12.7 Å². The van der Waals surface area contributed by atoms with E-state index in [2.05, 4.69) is 9.62 Å². The average Bonchev–Trinajstić information content (AvgIpc) is 2.82. The van der Waals surface area contributed by atoms with E-state index in [1.54, 1.807) is 48.5 Å². The second-order valence-electron chi connectivity index (χ2n) is 8.36. The summed E-state index contributed by atoms with van der Waals surface area (Å²) in [4.78, 5) is 14.7. The lowest BCUT2D eigenvalue weighted by Gasteiger charge is -2.41. The second-order valence-corrected chi connectivity index (χ2v) is 10.9. The molecule has 1 N–H and O–H groups in total. The molecular formula is C23H27Cl2N3O4S. The van der Waals surface area contributed by atoms with Crippen LogP contribution < -0.4 is 9.46 Å². The molecule has 33 heavy (non-hydrogen) atoms. The Morgan fingerprint density at radius 2 is 1.61 bits per heavy atom. The Hall–Kier alpha value is -1.84. The Morgan fingerprint density at radius 3 is 2.24 bits per heavy atom. The predicted molar refractivity (Wildman–Crippen MR) is 129 cm³/mol. The lowest BCUT2D eigenvalue weighted by atomic mass is 10.00. The van der Waals surface area contributed by atoms with Crippen molar-refractivity contribution in [2.24, 2.45) is 0 Å². The minimum absolute atomic E-state index is 0.0913. The molecule has 2 aliphatic heterocycles. The van der Waals surface area contributed by atoms with Gasteiger partial charge in [0.2, 0.25) is 0 Å². The van der Waals surface area contributed by atoms with Crippen molar-refractivity contribution < 1.29 is 17.9 Å². The van der Waals surface area contributed by atoms with Crippen molar-refractivity contribution in [3.63, 3.8) is 0 Å². The molecule has 0 aliphatic carbocycles. The quantitative estimate of drug-likeness (QED) is 0.634. The summed E-state index contributed by atoms with van der Waals surface area (Å²) in [6.07, 6.45) is 3.31. The molecule has 2 aliphatic rings. The predicted octanol–water partition coefficient (Wildman–Crippen LogP) is 3.98. The highest BCUT2D eigenvalue weighted by atomic mass is 35.5. The Kier molecular flexibility index (Phi) is 7.81. The van der Waals surface area contributed by atoms with Crippen LogP contribution in [0.1, 0.15) is 36.0 Å². The van der Waals surface area contributed by atoms with Crippen molar-refractivity contribution in [1.82, 2.24) is 13.9 Å². The Morgan fingerprint density at radius 1 is 0.939 bits per heavy atom. The zero-order chi connectivity index (χ0) is 23.4. The smallest absolute Gasteiger partial charge is 0.304 e. The molecule has 10 heteroatoms. The Balaban J connectivity index is 1.24. The summed E-state index contributed by atoms with van der Waals surface area (Å²) >= 11 is 12.2. The zero-order valence-electron chi connectivity index (χ0n) is 18.1. The minimum Gasteiger partial charge on any atom is -0.489 e. The van der Waals surface area contributed by atoms with Crippen LogP contribution in [0.5, 0.6) is 5.75 Å². The second kappa shape index (κ2) is 10.6. The SMILES string of the molecule is O=C(NS(=O)(=O)N1CCC(N2CCC(Oc3ccc(Cl)cc3Cl)CC2)CC1)c1ccccc1. The first-order valence-corrected chi connectivity index (χ1v) is 13.2. The van der Waals surface area contributed by atoms with Crippen molar-refractivity contribution in [3.05, 3.63) is 64.1 Å². The van der Waals surface area contributed by atoms with E-state index in [0.29, 0.717) is 40.5 Å². The number of rotatable bonds is 6. The van der Waals surface area contributed by atoms with Crippen LogP contribution in [-0.2, 0) is 10.2 Å². The zero-order valence-corrected chi connectivity index (χ0v) is 20.5. The fraction of sp³-hybridized carbons (Fsp3) is 0.435. The number of nitrogens with zero attached hydrogens (tertiary/aromatic N) is 2. The largest absolute Gasteiger partial charge is 0.489 e. The standard InChI is InChI=1S/C23H27Cl2N3O4S/c24-18-6-7-22(21(25)16-18)32-20-10-12-27(13-11-20)19-8-14-28(15-9-19)33(30,31)26-23(29)17-4-2-1-3-5-17/h1-7,16,19-20H,8-15H2,(H,26,29). The van der Waals surface area contributed by atoms with Crippen LogP contribution in [0.3, 0.4) is 0 Å². The highest BCUT2D eigenvalue weighted by molar-refractivity contribution is 7.87. The number of hydrogen-bond donors (Lipinski definition) is 1. The van der Waals surface area contributed by atoms with E-state index in [1.807, 2.05) is 0 Å². The lowest BCUT2D eigenvalue weighted by Crippen LogP contribution is -2.52. The molecule has 0 radical (unpaired) electrons. The van der Waals surface area contributed by atoms with Crippen molar-refractivity contribution in [2.45, 2.75) is 37.8 Å². The van der Waals surface area contributed by atoms with Crippen molar-refractivity contribution in [3.8, 4) is 5.75 Å². The van der Waals surface area contributed by atoms with E-state index in [9.17, 15) is 13.2 Å². The highest BCUT2D eigenvalue weighted by Gasteiger charge is 2.33. The van der Waals surface area contributed by atoms with Gasteiger partial charge >= 0.3 is 10.2 Å². The van der Waals surface area contributed by atoms with Gasteiger partial charge in [0, 0.05) is 42.8 Å². The molecule has 0 bridgehead atoms. The van der Waals surface area contributed by atoms with Gasteiger partial charge < -0.3 is 9.64 Å². The van der Waals surface area contributed by atoms with E-state index < -0.39 is 16.1 Å². The van der Waals surface area contributed by atoms with Gasteiger partial charge in [0.1, 0.15) is 11.9 Å². The molecule has 0 unspecified atom stereocenters. The number of carbonyl (C=O) groups is 1. The van der Waals surface area contributed by atoms with E-state index in [1.165, 1.54) is 4.31 Å². The number of halogens is 2. The van der Waals surface area contributed by atoms with Gasteiger partial charge in [0.15, 0.2) is 0 Å². The first kappa shape index (κ1) is 24.3. The van der Waals surface area contributed by atoms with Crippen LogP contribution in [0.15, 0.2) is 48.5 Å². The number of hydrogen-bond acceptors (Lipinski definition) is 5. The molecule has 0 spiro atoms. The molecule has 2 aromatic carbocycles. The molecule has 4 rings (SSSR count). The molecule has 2 fully saturated rings. The van der Waals surface area contributed by atoms with Gasteiger partial charge in [-0.3, -0.25) is 4.79 Å². The van der Waals surface area contributed by atoms with E-state index in [-0.39, 0.29) is 6.10 Å². The Labute approximate surface area is 204 Å². The normalized spacial score (nSPS) is 19.3. The van der Waals surface area contributed by atoms with Crippen molar-refractivity contribution >= 4 is 39.3 Å². The fourth-order valence-corrected chi connectivity index (χ4v) is 6.01. The number of piperidine rings is 2. The molecule has 1 amide bonds. The molecule has 178 valence electrons. The molecule has 2 heterocycles. The third-order valence-corrected chi connectivity index (χ3v) is 8.22. The average molecular weight is 512 g/mol. The van der Waals surface area contributed by atoms with E-state index in [4.69, 9.17) is 27.9 Å². The number of benzene rings is 2. The highest BCUT2D eigenvalue weighted by Crippen LogP contribution is 2.31. The third-order valence-electron chi connectivity index (χ3n) is 6.20. The molecule has 0 atom stereocenters. The molecule has 0 aromatic heterocycles. The van der Waals surface area contributed by atoms with Crippen LogP contribution >= 0.6 is 23.2 Å². The first-order chi connectivity index (χ1) is 15.8. The van der Waals surface area contributed by atoms with Crippen LogP contribution in [0, 0.1) is 0 Å². The number of amides is 1. The van der Waals surface area contributed by atoms with Gasteiger partial charge in [0.25, 0.3) is 5.91 Å². The van der Waals surface area contributed by atoms with Gasteiger partial charge in [0.05, 0.1) is 5.02 Å². The summed E-state index contributed by atoms with van der Waals surface area (Å²) in [6, 6.07) is 13.9. The maximum atomic E-state index is 12.7. The van der Waals surface area contributed by atoms with Crippen LogP contribution in [0.2, 0.25) is 10.0 Å². The summed E-state index contributed by atoms with van der Waals surface area (Å²) < 4.78 is 34.9. The summed E-state index contributed by atoms with van der Waals surface area (Å²) in [5.41, 5.74) is 0.320. The first-order valence-electron chi connectivity index (χ1n) is 11.0. The summed E-state index contributed by atoms with van der Waals surface area (Å²) in [6.45, 7) is 2.55. The van der Waals surface area contributed by atoms with E-state index >= 15 is 0 Å². The monoisotopic (exact) mass is 511 g/mol. The molecule has 2 aromatic rings. The summed E-state index contributed by atoms with van der Waals surface area (Å²) in [7, 11) is -3.86. The van der Waals surface area contributed by atoms with Gasteiger partial charge in [-0.05, 0) is 56.0 Å². The fourth-order valence-electron chi connectivity index (χ4n) is 4.39. The number of ether oxygens (including phenoxy) is 1. The van der Waals surface area contributed by atoms with Crippen LogP contribution in [-0.4, -0.2) is 61.9 Å². The van der Waals surface area contributed by atoms with Crippen LogP contribution in [0.25, 0.3) is 0 Å². The van der Waals surface area contributed by atoms with Crippen molar-refractivity contribution in [1.29, 1.82) is 0 Å². The topological polar surface area (TPSA) is 79.0 Å². The number of likely N-dealkylation sites (tertiary alicyclic amines) is 1. The number of nitrogens with one attached hydrogen (secondary N) is 1. The van der Waals surface area contributed by atoms with Crippen molar-refractivity contribution in [2.75, 3.05) is 26.2 Å². The molecular weight excluding hydrogens is 485 g/mol. The third kappa shape index (κ3) is 6.19. The molecule has 7 nitrogen and oxygen atoms in total. The number of carbonyl (C=O) groups excluding carboxylic acids is 1.